The van der Waals surface area contributed by atoms with Gasteiger partial charge in [-0.25, -0.2) is 0 Å². The Morgan fingerprint density at radius 2 is 0.677 bits per heavy atom. The van der Waals surface area contributed by atoms with Crippen molar-refractivity contribution < 1.29 is 33.2 Å². The molecule has 0 aliphatic carbocycles. The molecular formula is C51H39N6O7P. The van der Waals surface area contributed by atoms with Gasteiger partial charge in [-0.3, -0.25) is 29.3 Å². The van der Waals surface area contributed by atoms with E-state index in [0.717, 1.165) is 16.2 Å². The molecule has 3 aromatic heterocycles. The first-order valence-electron chi connectivity index (χ1n) is 20.5. The maximum atomic E-state index is 16.6. The molecule has 3 N–H and O–H groups in total. The monoisotopic (exact) mass is 878 g/mol. The second kappa shape index (κ2) is 18.9. The maximum Gasteiger partial charge on any atom is 0.262 e. The van der Waals surface area contributed by atoms with E-state index in [2.05, 4.69) is 30.9 Å². The number of hydrogen-bond acceptors (Lipinski definition) is 10. The zero-order valence-electron chi connectivity index (χ0n) is 34.6. The van der Waals surface area contributed by atoms with Gasteiger partial charge >= 0.3 is 0 Å². The number of aromatic nitrogens is 3. The van der Waals surface area contributed by atoms with E-state index in [9.17, 15) is 14.4 Å². The molecule has 14 heteroatoms. The van der Waals surface area contributed by atoms with E-state index in [0.29, 0.717) is 33.6 Å². The average molecular weight is 879 g/mol. The van der Waals surface area contributed by atoms with Gasteiger partial charge in [0.05, 0.1) is 49.5 Å². The van der Waals surface area contributed by atoms with Crippen LogP contribution in [0.1, 0.15) is 0 Å². The number of carbonyl (C=O) groups excluding carboxylic acids is 3. The number of carbonyl (C=O) groups is 3. The fraction of sp³-hybridized carbons (Fsp3) is 0.0588. The summed E-state index contributed by atoms with van der Waals surface area (Å²) >= 11 is 0. The minimum absolute atomic E-state index is 0.147. The molecule has 65 heavy (non-hydrogen) atoms. The van der Waals surface area contributed by atoms with Crippen molar-refractivity contribution in [2.75, 3.05) is 35.8 Å². The van der Waals surface area contributed by atoms with Crippen molar-refractivity contribution in [2.45, 2.75) is 0 Å². The van der Waals surface area contributed by atoms with Gasteiger partial charge in [0.25, 0.3) is 17.7 Å². The van der Waals surface area contributed by atoms with Crippen LogP contribution >= 0.6 is 7.14 Å². The van der Waals surface area contributed by atoms with Gasteiger partial charge in [-0.2, -0.15) is 0 Å². The van der Waals surface area contributed by atoms with Crippen molar-refractivity contribution in [2.24, 2.45) is 0 Å². The van der Waals surface area contributed by atoms with Crippen LogP contribution in [0.2, 0.25) is 0 Å². The Morgan fingerprint density at radius 3 is 1.00 bits per heavy atom. The lowest BCUT2D eigenvalue weighted by Crippen LogP contribution is -2.31. The number of hydrogen-bond donors (Lipinski definition) is 3. The molecule has 0 spiro atoms. The van der Waals surface area contributed by atoms with Crippen LogP contribution in [0.15, 0.2) is 182 Å². The quantitative estimate of drug-likeness (QED) is 0.0857. The van der Waals surface area contributed by atoms with Crippen LogP contribution in [0.25, 0.3) is 32.7 Å². The summed E-state index contributed by atoms with van der Waals surface area (Å²) in [5, 5.41) is 11.8. The Morgan fingerprint density at radius 1 is 0.385 bits per heavy atom. The fourth-order valence-corrected chi connectivity index (χ4v) is 10.5. The van der Waals surface area contributed by atoms with Gasteiger partial charge in [-0.1, -0.05) is 91.0 Å². The third kappa shape index (κ3) is 9.08. The lowest BCUT2D eigenvalue weighted by atomic mass is 10.2. The lowest BCUT2D eigenvalue weighted by Gasteiger charge is -2.26. The number of ether oxygens (including phenoxy) is 3. The summed E-state index contributed by atoms with van der Waals surface area (Å²) in [6.45, 7) is -1.32. The summed E-state index contributed by atoms with van der Waals surface area (Å²) in [5.74, 6) is -0.975. The van der Waals surface area contributed by atoms with Gasteiger partial charge in [-0.05, 0) is 72.8 Å². The normalized spacial score (nSPS) is 11.2. The molecule has 0 atom stereocenters. The number of rotatable bonds is 15. The van der Waals surface area contributed by atoms with Crippen LogP contribution in [-0.2, 0) is 18.9 Å². The molecule has 3 amide bonds. The van der Waals surface area contributed by atoms with E-state index in [1.54, 1.807) is 110 Å². The van der Waals surface area contributed by atoms with E-state index in [1.807, 2.05) is 72.8 Å². The average Bonchev–Trinajstić information content (AvgIpc) is 3.35. The molecule has 0 fully saturated rings. The van der Waals surface area contributed by atoms with Gasteiger partial charge in [0.2, 0.25) is 0 Å². The number of fused-ring (bicyclic) bond motifs is 3. The van der Waals surface area contributed by atoms with Crippen molar-refractivity contribution >= 4 is 90.5 Å². The third-order valence-corrected chi connectivity index (χ3v) is 13.6. The van der Waals surface area contributed by atoms with Crippen molar-refractivity contribution in [1.82, 2.24) is 15.0 Å². The molecule has 0 saturated carbocycles. The highest BCUT2D eigenvalue weighted by Crippen LogP contribution is 2.49. The molecule has 9 rings (SSSR count). The Bertz CT molecular complexity index is 2930. The molecule has 0 radical (unpaired) electrons. The van der Waals surface area contributed by atoms with Crippen LogP contribution < -0.4 is 46.1 Å². The summed E-state index contributed by atoms with van der Waals surface area (Å²) in [6, 6.07) is 47.6. The van der Waals surface area contributed by atoms with Crippen LogP contribution in [0, 0.1) is 0 Å². The Hall–Kier alpha value is -8.41. The van der Waals surface area contributed by atoms with Gasteiger partial charge in [0.1, 0.15) is 17.2 Å². The standard InChI is InChI=1S/C51H39N6O7P/c58-46(55-37-19-7-13-34-16-10-28-52-49(34)37)31-62-40-22-1-4-25-43(40)65(61,44-26-5-2-23-41(44)63-32-47(59)56-38-20-8-14-35-17-11-29-53-50(35)38)45-27-6-3-24-42(45)64-33-48(60)57-39-21-9-15-36-18-12-30-54-51(36)39/h1-30H,31-33H2,(H,55,58)(H,56,59)(H,57,60). The molecule has 0 unspecified atom stereocenters. The molecule has 13 nitrogen and oxygen atoms in total. The van der Waals surface area contributed by atoms with Crippen molar-refractivity contribution in [1.29, 1.82) is 0 Å². The number of anilines is 3. The van der Waals surface area contributed by atoms with Crippen molar-refractivity contribution in [3.63, 3.8) is 0 Å². The van der Waals surface area contributed by atoms with E-state index in [1.165, 1.54) is 0 Å². The summed E-state index contributed by atoms with van der Waals surface area (Å²) in [7, 11) is -4.17. The highest BCUT2D eigenvalue weighted by molar-refractivity contribution is 7.85. The first-order chi connectivity index (χ1) is 31.8. The molecule has 3 heterocycles. The van der Waals surface area contributed by atoms with E-state index >= 15 is 4.57 Å². The van der Waals surface area contributed by atoms with E-state index in [-0.39, 0.29) is 33.2 Å². The first-order valence-corrected chi connectivity index (χ1v) is 22.2. The Kier molecular flexibility index (Phi) is 12.2. The predicted molar refractivity (Wildman–Crippen MR) is 253 cm³/mol. The third-order valence-electron chi connectivity index (χ3n) is 10.4. The predicted octanol–water partition coefficient (Wildman–Crippen LogP) is 8.02. The SMILES string of the molecule is O=C(COc1ccccc1P(=O)(c1ccccc1OCC(=O)Nc1cccc2cccnc12)c1ccccc1OCC(=O)Nc1cccc2cccnc12)Nc1cccc2cccnc12. The van der Waals surface area contributed by atoms with E-state index in [4.69, 9.17) is 14.2 Å². The Labute approximate surface area is 372 Å². The van der Waals surface area contributed by atoms with Gasteiger partial charge in [-0.15, -0.1) is 0 Å². The van der Waals surface area contributed by atoms with Crippen LogP contribution in [0.4, 0.5) is 17.1 Å². The zero-order chi connectivity index (χ0) is 44.6. The maximum absolute atomic E-state index is 16.6. The highest BCUT2D eigenvalue weighted by atomic mass is 31.2. The summed E-state index contributed by atoms with van der Waals surface area (Å²) in [5.41, 5.74) is 3.38. The van der Waals surface area contributed by atoms with Gasteiger partial charge < -0.3 is 34.7 Å². The van der Waals surface area contributed by atoms with Crippen LogP contribution in [0.5, 0.6) is 17.2 Å². The van der Waals surface area contributed by atoms with Crippen molar-refractivity contribution in [3.8, 4) is 17.2 Å². The molecule has 9 aromatic rings. The number of nitrogens with one attached hydrogen (secondary N) is 3. The summed E-state index contributed by atoms with van der Waals surface area (Å²) < 4.78 is 35.2. The second-order valence-corrected chi connectivity index (χ2v) is 17.3. The van der Waals surface area contributed by atoms with Crippen molar-refractivity contribution in [3.05, 3.63) is 182 Å². The number of pyridine rings is 3. The molecule has 320 valence electrons. The Balaban J connectivity index is 1.04. The molecule has 0 saturated heterocycles. The number of para-hydroxylation sites is 6. The smallest absolute Gasteiger partial charge is 0.262 e. The fourth-order valence-electron chi connectivity index (χ4n) is 7.51. The summed E-state index contributed by atoms with van der Waals surface area (Å²) in [4.78, 5) is 53.7. The highest BCUT2D eigenvalue weighted by Gasteiger charge is 2.38. The second-order valence-electron chi connectivity index (χ2n) is 14.7. The largest absolute Gasteiger partial charge is 0.483 e. The number of benzene rings is 6. The molecule has 0 aliphatic rings. The minimum Gasteiger partial charge on any atom is -0.483 e. The molecular weight excluding hydrogens is 840 g/mol. The van der Waals surface area contributed by atoms with Crippen LogP contribution in [-0.4, -0.2) is 52.5 Å². The molecule has 6 aromatic carbocycles. The molecule has 0 aliphatic heterocycles. The van der Waals surface area contributed by atoms with Gasteiger partial charge in [0.15, 0.2) is 27.0 Å². The summed E-state index contributed by atoms with van der Waals surface area (Å²) in [6.07, 6.45) is 4.94. The number of nitrogens with zero attached hydrogens (tertiary/aromatic N) is 3. The van der Waals surface area contributed by atoms with Crippen LogP contribution in [0.3, 0.4) is 0 Å². The lowest BCUT2D eigenvalue weighted by molar-refractivity contribution is -0.118. The zero-order valence-corrected chi connectivity index (χ0v) is 35.5. The van der Waals surface area contributed by atoms with E-state index < -0.39 is 44.7 Å². The minimum atomic E-state index is -4.17. The number of amides is 3. The topological polar surface area (TPSA) is 171 Å². The molecule has 0 bridgehead atoms. The van der Waals surface area contributed by atoms with Gasteiger partial charge in [0, 0.05) is 34.7 Å². The first kappa shape index (κ1) is 41.9.